The van der Waals surface area contributed by atoms with E-state index in [2.05, 4.69) is 10.6 Å². The van der Waals surface area contributed by atoms with E-state index in [1.165, 1.54) is 6.92 Å². The molecule has 1 aliphatic rings. The number of aliphatic hydroxyl groups excluding tert-OH is 1. The van der Waals surface area contributed by atoms with Crippen LogP contribution in [0.2, 0.25) is 0 Å². The monoisotopic (exact) mass is 216 g/mol. The summed E-state index contributed by atoms with van der Waals surface area (Å²) in [4.78, 5) is 22.2. The zero-order valence-corrected chi connectivity index (χ0v) is 8.56. The standard InChI is InChI=1S/C9H16N2O4/c1-5(12)7(9(14)15)11-8(13)6-3-2-4-10-6/h5-7,10,12H,2-4H2,1H3,(H,11,13)(H,14,15)/t5-,6?,7+/m1/s1. The summed E-state index contributed by atoms with van der Waals surface area (Å²) in [5, 5.41) is 23.2. The van der Waals surface area contributed by atoms with Gasteiger partial charge in [-0.05, 0) is 26.3 Å². The zero-order valence-electron chi connectivity index (χ0n) is 8.56. The number of hydrogen-bond acceptors (Lipinski definition) is 4. The van der Waals surface area contributed by atoms with Crippen molar-refractivity contribution in [2.24, 2.45) is 0 Å². The number of carboxylic acid groups (broad SMARTS) is 1. The lowest BCUT2D eigenvalue weighted by molar-refractivity contribution is -0.145. The number of carbonyl (C=O) groups is 2. The summed E-state index contributed by atoms with van der Waals surface area (Å²) >= 11 is 0. The first-order valence-corrected chi connectivity index (χ1v) is 4.97. The highest BCUT2D eigenvalue weighted by atomic mass is 16.4. The molecule has 0 aromatic rings. The summed E-state index contributed by atoms with van der Waals surface area (Å²) < 4.78 is 0. The first-order chi connectivity index (χ1) is 7.02. The van der Waals surface area contributed by atoms with E-state index in [9.17, 15) is 9.59 Å². The van der Waals surface area contributed by atoms with Crippen molar-refractivity contribution >= 4 is 11.9 Å². The molecule has 15 heavy (non-hydrogen) atoms. The van der Waals surface area contributed by atoms with Crippen molar-refractivity contribution in [3.8, 4) is 0 Å². The molecule has 3 atom stereocenters. The number of aliphatic carboxylic acids is 1. The largest absolute Gasteiger partial charge is 0.480 e. The highest BCUT2D eigenvalue weighted by Gasteiger charge is 2.29. The van der Waals surface area contributed by atoms with E-state index < -0.39 is 18.1 Å². The molecule has 1 saturated heterocycles. The first kappa shape index (κ1) is 11.9. The van der Waals surface area contributed by atoms with Gasteiger partial charge in [0.15, 0.2) is 6.04 Å². The number of nitrogens with one attached hydrogen (secondary N) is 2. The van der Waals surface area contributed by atoms with E-state index in [0.29, 0.717) is 6.42 Å². The molecule has 0 spiro atoms. The van der Waals surface area contributed by atoms with Gasteiger partial charge >= 0.3 is 5.97 Å². The molecule has 4 N–H and O–H groups in total. The van der Waals surface area contributed by atoms with Crippen LogP contribution < -0.4 is 10.6 Å². The highest BCUT2D eigenvalue weighted by molar-refractivity contribution is 5.87. The van der Waals surface area contributed by atoms with Crippen molar-refractivity contribution in [3.63, 3.8) is 0 Å². The summed E-state index contributed by atoms with van der Waals surface area (Å²) in [5.74, 6) is -1.59. The molecule has 1 aliphatic heterocycles. The minimum atomic E-state index is -1.24. The number of carboxylic acids is 1. The normalized spacial score (nSPS) is 24.5. The fourth-order valence-corrected chi connectivity index (χ4v) is 1.55. The lowest BCUT2D eigenvalue weighted by Gasteiger charge is -2.19. The van der Waals surface area contributed by atoms with Crippen molar-refractivity contribution in [2.45, 2.75) is 38.0 Å². The van der Waals surface area contributed by atoms with E-state index in [4.69, 9.17) is 10.2 Å². The second-order valence-electron chi connectivity index (χ2n) is 3.71. The summed E-state index contributed by atoms with van der Waals surface area (Å²) in [7, 11) is 0. The summed E-state index contributed by atoms with van der Waals surface area (Å²) in [5.41, 5.74) is 0. The molecule has 0 aromatic carbocycles. The Kier molecular flexibility index (Phi) is 4.05. The zero-order chi connectivity index (χ0) is 11.4. The Morgan fingerprint density at radius 1 is 1.53 bits per heavy atom. The maximum atomic E-state index is 11.5. The number of hydrogen-bond donors (Lipinski definition) is 4. The number of amides is 1. The predicted molar refractivity (Wildman–Crippen MR) is 52.3 cm³/mol. The molecule has 1 unspecified atom stereocenters. The second-order valence-corrected chi connectivity index (χ2v) is 3.71. The Morgan fingerprint density at radius 2 is 2.20 bits per heavy atom. The highest BCUT2D eigenvalue weighted by Crippen LogP contribution is 2.05. The van der Waals surface area contributed by atoms with Gasteiger partial charge < -0.3 is 20.8 Å². The Hall–Kier alpha value is -1.14. The Bertz CT molecular complexity index is 248. The van der Waals surface area contributed by atoms with Gasteiger partial charge in [0.2, 0.25) is 5.91 Å². The van der Waals surface area contributed by atoms with Gasteiger partial charge in [0.25, 0.3) is 0 Å². The van der Waals surface area contributed by atoms with Crippen molar-refractivity contribution in [1.29, 1.82) is 0 Å². The molecule has 1 amide bonds. The SMILES string of the molecule is C[C@@H](O)[C@H](NC(=O)C1CCCN1)C(=O)O. The maximum Gasteiger partial charge on any atom is 0.328 e. The average molecular weight is 216 g/mol. The topological polar surface area (TPSA) is 98.7 Å². The minimum absolute atomic E-state index is 0.328. The van der Waals surface area contributed by atoms with Gasteiger partial charge in [-0.2, -0.15) is 0 Å². The summed E-state index contributed by atoms with van der Waals surface area (Å²) in [6.45, 7) is 2.10. The Morgan fingerprint density at radius 3 is 2.60 bits per heavy atom. The predicted octanol–water partition coefficient (Wildman–Crippen LogP) is -1.31. The van der Waals surface area contributed by atoms with Crippen LogP contribution in [0.1, 0.15) is 19.8 Å². The quantitative estimate of drug-likeness (QED) is 0.467. The fourth-order valence-electron chi connectivity index (χ4n) is 1.55. The van der Waals surface area contributed by atoms with E-state index in [1.54, 1.807) is 0 Å². The fraction of sp³-hybridized carbons (Fsp3) is 0.778. The maximum absolute atomic E-state index is 11.5. The van der Waals surface area contributed by atoms with Crippen LogP contribution in [0.4, 0.5) is 0 Å². The lowest BCUT2D eigenvalue weighted by atomic mass is 10.1. The summed E-state index contributed by atoms with van der Waals surface area (Å²) in [6, 6.07) is -1.56. The lowest BCUT2D eigenvalue weighted by Crippen LogP contribution is -2.52. The van der Waals surface area contributed by atoms with Crippen LogP contribution in [0.3, 0.4) is 0 Å². The smallest absolute Gasteiger partial charge is 0.328 e. The van der Waals surface area contributed by atoms with Crippen LogP contribution in [0.5, 0.6) is 0 Å². The molecule has 1 rings (SSSR count). The minimum Gasteiger partial charge on any atom is -0.480 e. The van der Waals surface area contributed by atoms with Gasteiger partial charge in [0, 0.05) is 0 Å². The molecule has 6 nitrogen and oxygen atoms in total. The number of aliphatic hydroxyl groups is 1. The molecular formula is C9H16N2O4. The third-order valence-electron chi connectivity index (χ3n) is 2.42. The Labute approximate surface area is 87.7 Å². The molecule has 6 heteroatoms. The van der Waals surface area contributed by atoms with Gasteiger partial charge in [-0.3, -0.25) is 4.79 Å². The van der Waals surface area contributed by atoms with Crippen LogP contribution in [0.25, 0.3) is 0 Å². The molecular weight excluding hydrogens is 200 g/mol. The first-order valence-electron chi connectivity index (χ1n) is 4.97. The van der Waals surface area contributed by atoms with Gasteiger partial charge in [-0.25, -0.2) is 4.79 Å². The van der Waals surface area contributed by atoms with E-state index >= 15 is 0 Å². The molecule has 0 aliphatic carbocycles. The van der Waals surface area contributed by atoms with Crippen LogP contribution in [-0.4, -0.2) is 46.8 Å². The van der Waals surface area contributed by atoms with E-state index in [1.807, 2.05) is 0 Å². The van der Waals surface area contributed by atoms with Crippen molar-refractivity contribution in [2.75, 3.05) is 6.54 Å². The molecule has 0 radical (unpaired) electrons. The molecule has 1 fully saturated rings. The van der Waals surface area contributed by atoms with Crippen LogP contribution >= 0.6 is 0 Å². The van der Waals surface area contributed by atoms with Gasteiger partial charge in [-0.1, -0.05) is 0 Å². The van der Waals surface area contributed by atoms with Crippen LogP contribution in [-0.2, 0) is 9.59 Å². The van der Waals surface area contributed by atoms with E-state index in [0.717, 1.165) is 13.0 Å². The molecule has 0 saturated carbocycles. The van der Waals surface area contributed by atoms with Gasteiger partial charge in [0.05, 0.1) is 12.1 Å². The molecule has 0 bridgehead atoms. The second kappa shape index (κ2) is 5.09. The Balaban J connectivity index is 2.50. The van der Waals surface area contributed by atoms with Gasteiger partial charge in [-0.15, -0.1) is 0 Å². The average Bonchev–Trinajstić information content (AvgIpc) is 2.65. The number of rotatable bonds is 4. The van der Waals surface area contributed by atoms with Crippen molar-refractivity contribution < 1.29 is 19.8 Å². The van der Waals surface area contributed by atoms with E-state index in [-0.39, 0.29) is 11.9 Å². The number of carbonyl (C=O) groups excluding carboxylic acids is 1. The van der Waals surface area contributed by atoms with Crippen molar-refractivity contribution in [3.05, 3.63) is 0 Å². The molecule has 86 valence electrons. The third kappa shape index (κ3) is 3.17. The van der Waals surface area contributed by atoms with Gasteiger partial charge in [0.1, 0.15) is 0 Å². The molecule has 1 heterocycles. The third-order valence-corrected chi connectivity index (χ3v) is 2.42. The van der Waals surface area contributed by atoms with Crippen LogP contribution in [0.15, 0.2) is 0 Å². The van der Waals surface area contributed by atoms with Crippen molar-refractivity contribution in [1.82, 2.24) is 10.6 Å². The van der Waals surface area contributed by atoms with Crippen LogP contribution in [0, 0.1) is 0 Å². The summed E-state index contributed by atoms with van der Waals surface area (Å²) in [6.07, 6.45) is 0.510. The molecule has 0 aromatic heterocycles.